The van der Waals surface area contributed by atoms with Crippen molar-refractivity contribution in [2.75, 3.05) is 26.4 Å². The van der Waals surface area contributed by atoms with Crippen molar-refractivity contribution in [2.45, 2.75) is 272 Å². The second kappa shape index (κ2) is 60.9. The number of aliphatic hydroxyl groups excluding tert-OH is 16. The summed E-state index contributed by atoms with van der Waals surface area (Å²) in [5, 5.41) is 139. The van der Waals surface area contributed by atoms with Gasteiger partial charge in [0.2, 0.25) is 0 Å². The molecule has 0 rings (SSSR count). The van der Waals surface area contributed by atoms with E-state index in [1.807, 2.05) is 111 Å². The average Bonchev–Trinajstić information content (AvgIpc) is 3.24. The van der Waals surface area contributed by atoms with Crippen LogP contribution >= 0.6 is 0 Å². The molecular formula is C54H128O16. The fourth-order valence-electron chi connectivity index (χ4n) is 4.34. The van der Waals surface area contributed by atoms with Crippen LogP contribution in [0.3, 0.4) is 0 Å². The molecule has 12 atom stereocenters. The first-order valence-corrected chi connectivity index (χ1v) is 25.8. The van der Waals surface area contributed by atoms with Crippen molar-refractivity contribution in [3.8, 4) is 0 Å². The van der Waals surface area contributed by atoms with Crippen molar-refractivity contribution >= 4 is 0 Å². The maximum Gasteiger partial charge on any atom is 0.0819 e. The summed E-state index contributed by atoms with van der Waals surface area (Å²) in [5.74, 6) is 2.69. The molecule has 0 aromatic rings. The second-order valence-electron chi connectivity index (χ2n) is 21.3. The molecule has 0 aromatic heterocycles. The maximum absolute atomic E-state index is 9.03. The summed E-state index contributed by atoms with van der Waals surface area (Å²) in [6, 6.07) is 0. The van der Waals surface area contributed by atoms with Gasteiger partial charge in [0, 0.05) is 0 Å². The quantitative estimate of drug-likeness (QED) is 0.0649. The first-order chi connectivity index (χ1) is 31.2. The van der Waals surface area contributed by atoms with Gasteiger partial charge in [0.15, 0.2) is 0 Å². The highest BCUT2D eigenvalue weighted by molar-refractivity contribution is 4.66. The summed E-state index contributed by atoms with van der Waals surface area (Å²) in [5.41, 5.74) is 0. The van der Waals surface area contributed by atoms with Crippen LogP contribution in [0.1, 0.15) is 199 Å². The summed E-state index contributed by atoms with van der Waals surface area (Å²) in [6.45, 7) is 43.2. The van der Waals surface area contributed by atoms with Crippen LogP contribution < -0.4 is 0 Å². The first-order valence-electron chi connectivity index (χ1n) is 25.8. The van der Waals surface area contributed by atoms with Gasteiger partial charge in [-0.1, -0.05) is 146 Å². The Kier molecular flexibility index (Phi) is 80.0. The van der Waals surface area contributed by atoms with E-state index in [1.165, 1.54) is 0 Å². The molecule has 0 heterocycles. The third-order valence-electron chi connectivity index (χ3n) is 9.79. The molecule has 0 aromatic carbocycles. The Morgan fingerprint density at radius 1 is 0.257 bits per heavy atom. The third kappa shape index (κ3) is 84.2. The molecule has 6 unspecified atom stereocenters. The van der Waals surface area contributed by atoms with Crippen LogP contribution in [0.15, 0.2) is 0 Å². The standard InChI is InChI=1S/2C7H16O.4C6H14O2.3C5H12O2.CH4/c2*1-4-7(8)5-6(2)3;1-5(2)3-6(8)4-7;3*1-4(2)6(8)5(3)7;3*1-4(2)5(7)3-6;/h2*6-8H,4-5H2,1-3H3;5-8H,3-4H2,1-2H3;3*4-8H,1-3H3;3*4-7H,3H2,1-2H3;1H4/t7-;;6-;2*5-,6?;;2*5-;;/m1.110.10../s1. The van der Waals surface area contributed by atoms with Crippen molar-refractivity contribution in [3.05, 3.63) is 0 Å². The SMILES string of the molecule is C.CC(C)C(O)C(C)O.CC(C)C(O)CO.CC(C)C(O)[C@@H](C)O.CC(C)C(O)[C@H](C)O.CC(C)C[C@@H](O)CO.CC(C)[C@@H](O)CO.CC(C)[C@H](O)CO.CCC(O)CC(C)C.CC[C@@H](O)CC(C)C. The van der Waals surface area contributed by atoms with E-state index in [0.717, 1.165) is 25.7 Å². The lowest BCUT2D eigenvalue weighted by Gasteiger charge is -2.16. The second-order valence-corrected chi connectivity index (χ2v) is 21.3. The van der Waals surface area contributed by atoms with Crippen molar-refractivity contribution in [2.24, 2.45) is 53.3 Å². The van der Waals surface area contributed by atoms with Crippen LogP contribution in [0.25, 0.3) is 0 Å². The summed E-state index contributed by atoms with van der Waals surface area (Å²) >= 11 is 0. The zero-order chi connectivity index (χ0) is 57.5. The molecule has 16 N–H and O–H groups in total. The highest BCUT2D eigenvalue weighted by Gasteiger charge is 2.15. The number of hydrogen-bond donors (Lipinski definition) is 16. The van der Waals surface area contributed by atoms with Crippen LogP contribution in [-0.4, -0.2) is 181 Å². The Balaban J connectivity index is -0.0000000722. The molecule has 16 nitrogen and oxygen atoms in total. The van der Waals surface area contributed by atoms with Gasteiger partial charge in [-0.3, -0.25) is 0 Å². The summed E-state index contributed by atoms with van der Waals surface area (Å²) < 4.78 is 0. The Bertz CT molecular complexity index is 781. The Hall–Kier alpha value is -0.640. The van der Waals surface area contributed by atoms with Crippen LogP contribution in [0.4, 0.5) is 0 Å². The van der Waals surface area contributed by atoms with Gasteiger partial charge in [0.25, 0.3) is 0 Å². The Labute approximate surface area is 432 Å². The predicted molar refractivity (Wildman–Crippen MR) is 292 cm³/mol. The lowest BCUT2D eigenvalue weighted by Crippen LogP contribution is -2.27. The molecule has 440 valence electrons. The molecule has 0 fully saturated rings. The van der Waals surface area contributed by atoms with Crippen molar-refractivity contribution in [1.29, 1.82) is 0 Å². The number of hydrogen-bond acceptors (Lipinski definition) is 16. The molecule has 0 bridgehead atoms. The minimum Gasteiger partial charge on any atom is -0.394 e. The molecule has 0 saturated heterocycles. The average molecular weight is 1030 g/mol. The summed E-state index contributed by atoms with van der Waals surface area (Å²) in [7, 11) is 0. The van der Waals surface area contributed by atoms with Crippen LogP contribution in [-0.2, 0) is 0 Å². The van der Waals surface area contributed by atoms with E-state index in [2.05, 4.69) is 27.7 Å². The molecule has 70 heavy (non-hydrogen) atoms. The van der Waals surface area contributed by atoms with Crippen molar-refractivity contribution < 1.29 is 81.7 Å². The van der Waals surface area contributed by atoms with E-state index >= 15 is 0 Å². The van der Waals surface area contributed by atoms with E-state index in [4.69, 9.17) is 81.7 Å². The van der Waals surface area contributed by atoms with Crippen LogP contribution in [0.2, 0.25) is 0 Å². The molecule has 0 spiro atoms. The highest BCUT2D eigenvalue weighted by atomic mass is 16.3. The van der Waals surface area contributed by atoms with Crippen molar-refractivity contribution in [1.82, 2.24) is 0 Å². The maximum atomic E-state index is 9.03. The molecule has 0 aliphatic carbocycles. The lowest BCUT2D eigenvalue weighted by molar-refractivity contribution is 0.00272. The lowest BCUT2D eigenvalue weighted by atomic mass is 10.0. The largest absolute Gasteiger partial charge is 0.394 e. The summed E-state index contributed by atoms with van der Waals surface area (Å²) in [4.78, 5) is 0. The zero-order valence-corrected chi connectivity index (χ0v) is 48.6. The van der Waals surface area contributed by atoms with Gasteiger partial charge in [0.05, 0.1) is 99.7 Å². The predicted octanol–water partition coefficient (Wildman–Crippen LogP) is 5.77. The van der Waals surface area contributed by atoms with E-state index in [-0.39, 0.29) is 81.6 Å². The van der Waals surface area contributed by atoms with Crippen LogP contribution in [0.5, 0.6) is 0 Å². The zero-order valence-electron chi connectivity index (χ0n) is 48.6. The van der Waals surface area contributed by atoms with E-state index in [1.54, 1.807) is 20.8 Å². The fourth-order valence-corrected chi connectivity index (χ4v) is 4.34. The third-order valence-corrected chi connectivity index (χ3v) is 9.79. The molecule has 16 heteroatoms. The van der Waals surface area contributed by atoms with Gasteiger partial charge in [0.1, 0.15) is 0 Å². The number of rotatable bonds is 21. The van der Waals surface area contributed by atoms with Crippen LogP contribution in [0, 0.1) is 53.3 Å². The topological polar surface area (TPSA) is 324 Å². The molecule has 0 aliphatic rings. The molecule has 0 saturated carbocycles. The first kappa shape index (κ1) is 92.0. The Morgan fingerprint density at radius 3 is 0.457 bits per heavy atom. The van der Waals surface area contributed by atoms with Gasteiger partial charge < -0.3 is 81.7 Å². The monoisotopic (exact) mass is 1030 g/mol. The van der Waals surface area contributed by atoms with E-state index < -0.39 is 61.0 Å². The minimum absolute atomic E-state index is 0. The minimum atomic E-state index is -0.602. The van der Waals surface area contributed by atoms with Gasteiger partial charge >= 0.3 is 0 Å². The normalized spacial score (nSPS) is 15.9. The Morgan fingerprint density at radius 2 is 0.429 bits per heavy atom. The molecule has 0 amide bonds. The summed E-state index contributed by atoms with van der Waals surface area (Å²) in [6.07, 6.45) is -1.47. The van der Waals surface area contributed by atoms with E-state index in [0.29, 0.717) is 24.2 Å². The smallest absolute Gasteiger partial charge is 0.0819 e. The van der Waals surface area contributed by atoms with Gasteiger partial charge in [-0.15, -0.1) is 0 Å². The highest BCUT2D eigenvalue weighted by Crippen LogP contribution is 2.08. The van der Waals surface area contributed by atoms with Crippen molar-refractivity contribution in [3.63, 3.8) is 0 Å². The van der Waals surface area contributed by atoms with Gasteiger partial charge in [-0.2, -0.15) is 0 Å². The van der Waals surface area contributed by atoms with Gasteiger partial charge in [-0.25, -0.2) is 0 Å². The fraction of sp³-hybridized carbons (Fsp3) is 1.00. The van der Waals surface area contributed by atoms with E-state index in [9.17, 15) is 0 Å². The number of aliphatic hydroxyl groups is 16. The molecule has 0 aliphatic heterocycles. The molecule has 0 radical (unpaired) electrons. The molecular weight excluding hydrogens is 905 g/mol. The van der Waals surface area contributed by atoms with Gasteiger partial charge in [-0.05, 0) is 106 Å².